The number of primary amides is 1. The van der Waals surface area contributed by atoms with Gasteiger partial charge < -0.3 is 139 Å². The standard InChI is InChI=1S/C79H92Cl3N11O27S/c1-30(2)17-43(86-5)74(111)90-61-47(99)21-36(24-54(83)101)72(109)88-58-35-22-51(116-49-12-8-33(64(61)104)19-41(49)80)68(120-77-69(67(107)66(106)53(29-94)118-77)119-56-28-79(4,85)70(108)31(3)115-56)52(23-35)117-50-13-9-34(20-42(50)81)65(105)63-76(113)89-59(75(112)87-15-6-16-114-93-60(45(97)11-14-55(102)103)62-71(82)121-78(84)92-62)40-25-37(95)26-46(98)57(40)39-18-32(7-10-44(39)96)38(27-48(58)100)73(110)91-63/h7-10,12-13,18-20,22-23,25-26,30-31,36,38,43,53,55-56,58-59,61,63-67,69-70,77,86,94-96,98,102-108H,6,11,14-17,21,24,27-29,85H2,1-5H3,(H2,83,101)(H2,84,92)(H,87,112)(H,88,109)(H,89,113)(H,90,111)(H,91,110)/b93-60+/t31-,36-,38+,43+,53+,56-,58+,59-,61?,63-,64+,65+,66+,67-,69+,70+,77-,79-/m0/s1. The van der Waals surface area contributed by atoms with Gasteiger partial charge in [-0.25, -0.2) is 4.98 Å². The number of thiazole rings is 1. The van der Waals surface area contributed by atoms with Crippen molar-refractivity contribution >= 4 is 110 Å². The number of benzene rings is 5. The van der Waals surface area contributed by atoms with Crippen molar-refractivity contribution in [2.45, 2.75) is 188 Å². The van der Waals surface area contributed by atoms with E-state index in [1.54, 1.807) is 0 Å². The first-order valence-corrected chi connectivity index (χ1v) is 40.2. The summed E-state index contributed by atoms with van der Waals surface area (Å²) in [6.45, 7) is 4.94. The number of amides is 6. The number of oxime groups is 1. The van der Waals surface area contributed by atoms with E-state index in [4.69, 9.17) is 85.3 Å². The number of nitrogens with zero attached hydrogens (tertiary/aromatic N) is 2. The maximum atomic E-state index is 16.4. The SMILES string of the molecule is CN[C@H](CC(C)C)C(=O)NC1C(=O)C[C@@H](CC(N)=O)C(=O)N[C@H]2C(=O)C[C@H]3C(=O)N[C@H](C(=O)N[C@H](C(=O)NCCCO/N=C(\C(=O)CCC(O)O)c4nc(N)sc4Cl)c4cc(O)cc(O)c4-c4cc3ccc4O)[C@H](O)c3ccc(c(Cl)c3)Oc3cc2cc(c3O[C@@H]2O[C@H](CO)[C@@H](O)[C@H](O)[C@H]2O[C@H]2C[C@](C)(N)[C@H](O)[C@H](C)O2)Oc2ccc(cc2Cl)[C@H]1O. The summed E-state index contributed by atoms with van der Waals surface area (Å²) >= 11 is 21.5. The van der Waals surface area contributed by atoms with Crippen LogP contribution in [0.15, 0.2) is 84.0 Å². The molecule has 38 nitrogen and oxygen atoms in total. The summed E-state index contributed by atoms with van der Waals surface area (Å²) in [6, 6.07) is 4.63. The summed E-state index contributed by atoms with van der Waals surface area (Å²) in [6.07, 6.45) is -23.6. The average molecular weight is 1770 g/mol. The number of rotatable bonds is 23. The number of ketones is 3. The molecule has 7 aliphatic rings. The van der Waals surface area contributed by atoms with Crippen LogP contribution in [0.3, 0.4) is 0 Å². The lowest BCUT2D eigenvalue weighted by molar-refractivity contribution is -0.333. The van der Waals surface area contributed by atoms with Crippen molar-refractivity contribution in [1.29, 1.82) is 0 Å². The largest absolute Gasteiger partial charge is 0.508 e. The van der Waals surface area contributed by atoms with E-state index in [1.807, 2.05) is 13.8 Å². The van der Waals surface area contributed by atoms with Crippen molar-refractivity contribution in [3.05, 3.63) is 127 Å². The van der Waals surface area contributed by atoms with Gasteiger partial charge in [-0.2, -0.15) is 0 Å². The predicted octanol–water partition coefficient (Wildman–Crippen LogP) is 2.28. The monoisotopic (exact) mass is 1760 g/mol. The number of aromatic hydroxyl groups is 3. The molecule has 2 fully saturated rings. The number of nitrogen functional groups attached to an aromatic ring is 1. The molecule has 121 heavy (non-hydrogen) atoms. The van der Waals surface area contributed by atoms with Crippen molar-refractivity contribution in [2.24, 2.45) is 28.5 Å². The highest BCUT2D eigenvalue weighted by Crippen LogP contribution is 2.51. The second-order valence-electron chi connectivity index (χ2n) is 30.5. The quantitative estimate of drug-likeness (QED) is 0.0189. The number of nitrogens with two attached hydrogens (primary N) is 3. The first kappa shape index (κ1) is 91.7. The van der Waals surface area contributed by atoms with Crippen LogP contribution >= 0.6 is 46.1 Å². The van der Waals surface area contributed by atoms with Gasteiger partial charge in [0.1, 0.15) is 100 Å². The summed E-state index contributed by atoms with van der Waals surface area (Å²) in [5.74, 6) is -19.0. The number of anilines is 1. The lowest BCUT2D eigenvalue weighted by Crippen LogP contribution is -2.64. The number of ether oxygens (including phenoxy) is 6. The Morgan fingerprint density at radius 1 is 0.785 bits per heavy atom. The van der Waals surface area contributed by atoms with Crippen LogP contribution in [0.5, 0.6) is 46.0 Å². The first-order valence-electron chi connectivity index (χ1n) is 38.2. The highest BCUT2D eigenvalue weighted by molar-refractivity contribution is 7.19. The zero-order chi connectivity index (χ0) is 88.1. The number of halogens is 3. The molecule has 0 saturated carbocycles. The second-order valence-corrected chi connectivity index (χ2v) is 32.9. The van der Waals surface area contributed by atoms with E-state index in [-0.39, 0.29) is 81.0 Å². The van der Waals surface area contributed by atoms with Crippen LogP contribution in [-0.4, -0.2) is 226 Å². The van der Waals surface area contributed by atoms with Crippen LogP contribution in [-0.2, 0) is 62.2 Å². The van der Waals surface area contributed by atoms with E-state index in [2.05, 4.69) is 42.0 Å². The van der Waals surface area contributed by atoms with E-state index in [0.29, 0.717) is 0 Å². The summed E-state index contributed by atoms with van der Waals surface area (Å²) in [4.78, 5) is 144. The number of phenols is 3. The molecule has 0 spiro atoms. The first-order chi connectivity index (χ1) is 57.2. The fourth-order valence-corrected chi connectivity index (χ4v) is 16.0. The number of carbonyl (C=O) groups is 9. The molecule has 13 rings (SSSR count). The molecule has 7 aliphatic heterocycles. The number of phenolic OH excluding ortho intramolecular Hbond substituents is 3. The molecule has 18 atom stereocenters. The lowest BCUT2D eigenvalue weighted by Gasteiger charge is -2.47. The molecule has 42 heteroatoms. The van der Waals surface area contributed by atoms with Crippen LogP contribution in [0.1, 0.15) is 143 Å². The molecule has 1 aromatic heterocycles. The number of carbonyl (C=O) groups excluding carboxylic acids is 9. The Morgan fingerprint density at radius 2 is 1.45 bits per heavy atom. The summed E-state index contributed by atoms with van der Waals surface area (Å²) in [5.41, 5.74) is 13.8. The summed E-state index contributed by atoms with van der Waals surface area (Å²) in [5, 5.41) is 143. The second kappa shape index (κ2) is 39.0. The number of aliphatic hydroxyl groups is 8. The van der Waals surface area contributed by atoms with Crippen LogP contribution in [0, 0.1) is 11.8 Å². The normalized spacial score (nSPS) is 26.8. The molecule has 8 heterocycles. The van der Waals surface area contributed by atoms with Gasteiger partial charge in [0.05, 0.1) is 46.7 Å². The van der Waals surface area contributed by atoms with E-state index in [9.17, 15) is 75.3 Å². The predicted molar refractivity (Wildman–Crippen MR) is 428 cm³/mol. The molecule has 2 saturated heterocycles. The Hall–Kier alpha value is -10.0. The molecular weight excluding hydrogens is 1670 g/mol. The zero-order valence-electron chi connectivity index (χ0n) is 65.4. The third-order valence-corrected chi connectivity index (χ3v) is 22.6. The Bertz CT molecular complexity index is 4960. The number of aromatic nitrogens is 1. The lowest BCUT2D eigenvalue weighted by atomic mass is 9.84. The minimum atomic E-state index is -2.30. The Balaban J connectivity index is 1.08. The van der Waals surface area contributed by atoms with E-state index in [0.717, 1.165) is 78.1 Å². The number of hydrogen-bond acceptors (Lipinski definition) is 33. The number of hydrogen-bond donors (Lipinski definition) is 20. The minimum Gasteiger partial charge on any atom is -0.508 e. The van der Waals surface area contributed by atoms with Gasteiger partial charge in [0.25, 0.3) is 0 Å². The molecule has 652 valence electrons. The van der Waals surface area contributed by atoms with Gasteiger partial charge in [-0.1, -0.05) is 83.3 Å². The van der Waals surface area contributed by atoms with E-state index < -0.39 is 280 Å². The van der Waals surface area contributed by atoms with Gasteiger partial charge in [0.2, 0.25) is 47.5 Å². The average Bonchev–Trinajstić information content (AvgIpc) is 1.08. The third-order valence-electron chi connectivity index (χ3n) is 21.0. The maximum absolute atomic E-state index is 16.4. The molecule has 11 bridgehead atoms. The number of Topliss-reactive ketones (excluding diaryl/α,β-unsaturated/α-hetero) is 3. The molecule has 0 radical (unpaired) electrons. The Labute approximate surface area is 708 Å². The molecule has 0 aliphatic carbocycles. The third kappa shape index (κ3) is 21.2. The maximum Gasteiger partial charge on any atom is 0.247 e. The van der Waals surface area contributed by atoms with Crippen LogP contribution < -0.4 is 63.3 Å². The molecule has 23 N–H and O–H groups in total. The Kier molecular flexibility index (Phi) is 29.6. The van der Waals surface area contributed by atoms with Crippen molar-refractivity contribution in [3.63, 3.8) is 0 Å². The highest BCUT2D eigenvalue weighted by atomic mass is 35.5. The van der Waals surface area contributed by atoms with Crippen molar-refractivity contribution in [1.82, 2.24) is 36.9 Å². The molecule has 5 aromatic carbocycles. The fraction of sp³-hybridized carbons (Fsp3) is 0.456. The van der Waals surface area contributed by atoms with Crippen molar-refractivity contribution in [3.8, 4) is 57.1 Å². The number of nitrogens with one attached hydrogen (secondary N) is 6. The zero-order valence-corrected chi connectivity index (χ0v) is 68.5. The number of likely N-dealkylation sites (N-methyl/N-ethyl adjacent to an activating group) is 1. The molecule has 1 unspecified atom stereocenters. The molecular formula is C79H92Cl3N11O27S. The topological polar surface area (TPSA) is 616 Å². The number of fused-ring (bicyclic) bond motifs is 15. The van der Waals surface area contributed by atoms with Gasteiger partial charge in [-0.05, 0) is 116 Å². The molecule has 6 amide bonds. The van der Waals surface area contributed by atoms with Crippen molar-refractivity contribution in [2.75, 3.05) is 32.5 Å². The van der Waals surface area contributed by atoms with Crippen molar-refractivity contribution < 1.29 is 133 Å². The summed E-state index contributed by atoms with van der Waals surface area (Å²) in [7, 11) is 1.49. The minimum absolute atomic E-state index is 0.0425. The van der Waals surface area contributed by atoms with Gasteiger partial charge in [0.15, 0.2) is 58.4 Å². The van der Waals surface area contributed by atoms with Gasteiger partial charge >= 0.3 is 0 Å². The van der Waals surface area contributed by atoms with Crippen LogP contribution in [0.2, 0.25) is 14.4 Å². The van der Waals surface area contributed by atoms with Gasteiger partial charge in [-0.15, -0.1) is 0 Å². The van der Waals surface area contributed by atoms with Crippen LogP contribution in [0.4, 0.5) is 5.13 Å². The fourth-order valence-electron chi connectivity index (χ4n) is 14.7. The number of aliphatic hydroxyl groups excluding tert-OH is 7. The van der Waals surface area contributed by atoms with Gasteiger partial charge in [0, 0.05) is 74.2 Å². The van der Waals surface area contributed by atoms with E-state index in [1.165, 1.54) is 33.0 Å². The summed E-state index contributed by atoms with van der Waals surface area (Å²) < 4.78 is 38.7. The highest BCUT2D eigenvalue weighted by Gasteiger charge is 2.52. The molecule has 6 aromatic rings. The van der Waals surface area contributed by atoms with E-state index >= 15 is 24.0 Å². The van der Waals surface area contributed by atoms with Gasteiger partial charge in [-0.3, -0.25) is 43.2 Å². The van der Waals surface area contributed by atoms with Crippen LogP contribution in [0.25, 0.3) is 11.1 Å². The smallest absolute Gasteiger partial charge is 0.247 e. The Morgan fingerprint density at radius 3 is 2.05 bits per heavy atom.